The molecule has 0 aromatic heterocycles. The molecule has 4 heteroatoms. The molecule has 42 heavy (non-hydrogen) atoms. The van der Waals surface area contributed by atoms with Crippen LogP contribution >= 0.6 is 0 Å². The van der Waals surface area contributed by atoms with E-state index in [2.05, 4.69) is 97.1 Å². The lowest BCUT2D eigenvalue weighted by Gasteiger charge is -2.43. The van der Waals surface area contributed by atoms with E-state index < -0.39 is 0 Å². The van der Waals surface area contributed by atoms with Gasteiger partial charge in [0.15, 0.2) is 5.79 Å². The van der Waals surface area contributed by atoms with Crippen LogP contribution in [0.2, 0.25) is 0 Å². The molecule has 1 saturated carbocycles. The largest absolute Gasteiger partial charge is 0.494 e. The number of rotatable bonds is 10. The molecule has 4 aromatic carbocycles. The zero-order valence-electron chi connectivity index (χ0n) is 24.3. The first-order valence-electron chi connectivity index (χ1n) is 15.6. The van der Waals surface area contributed by atoms with Crippen LogP contribution in [0.15, 0.2) is 103 Å². The molecule has 4 aromatic rings. The molecule has 1 heterocycles. The Labute approximate surface area is 249 Å². The van der Waals surface area contributed by atoms with Gasteiger partial charge in [0.05, 0.1) is 19.8 Å². The Morgan fingerprint density at radius 2 is 1.43 bits per heavy atom. The van der Waals surface area contributed by atoms with Gasteiger partial charge in [0, 0.05) is 18.8 Å². The van der Waals surface area contributed by atoms with Gasteiger partial charge in [-0.3, -0.25) is 0 Å². The number of benzene rings is 4. The highest BCUT2D eigenvalue weighted by atomic mass is 16.7. The smallest absolute Gasteiger partial charge is 0.169 e. The zero-order chi connectivity index (χ0) is 28.2. The summed E-state index contributed by atoms with van der Waals surface area (Å²) in [5.74, 6) is 3.06. The van der Waals surface area contributed by atoms with E-state index in [9.17, 15) is 0 Å². The molecule has 0 N–H and O–H groups in total. The Hall–Kier alpha value is -3.60. The van der Waals surface area contributed by atoms with Crippen molar-refractivity contribution >= 4 is 0 Å². The number of aryl methyl sites for hydroxylation is 1. The minimum absolute atomic E-state index is 0.243. The minimum atomic E-state index is -0.243. The van der Waals surface area contributed by atoms with Crippen molar-refractivity contribution in [1.82, 2.24) is 0 Å². The lowest BCUT2D eigenvalue weighted by atomic mass is 9.69. The molecular weight excluding hydrogens is 520 g/mol. The predicted molar refractivity (Wildman–Crippen MR) is 165 cm³/mol. The summed E-state index contributed by atoms with van der Waals surface area (Å²) in [6, 6.07) is 36.9. The Bertz CT molecular complexity index is 1440. The predicted octanol–water partition coefficient (Wildman–Crippen LogP) is 8.44. The van der Waals surface area contributed by atoms with Gasteiger partial charge in [0.25, 0.3) is 0 Å². The quantitative estimate of drug-likeness (QED) is 0.182. The SMILES string of the molecule is c1ccc(COc2ccc3c(c2)CC[C@H](c2ccccc2)[C@@H]3c2ccc(OCCCC3CC4(C3)OCCO4)cc2)cc1. The van der Waals surface area contributed by atoms with Gasteiger partial charge in [0.2, 0.25) is 0 Å². The van der Waals surface area contributed by atoms with Crippen LogP contribution in [0.5, 0.6) is 11.5 Å². The highest BCUT2D eigenvalue weighted by Gasteiger charge is 2.48. The third kappa shape index (κ3) is 5.97. The molecule has 1 saturated heterocycles. The van der Waals surface area contributed by atoms with E-state index in [-0.39, 0.29) is 5.79 Å². The van der Waals surface area contributed by atoms with Crippen molar-refractivity contribution in [3.8, 4) is 11.5 Å². The standard InChI is InChI=1S/C38H40O4/c1-3-8-28(9-4-1)27-40-34-18-20-36-32(24-34)15-19-35(30-11-5-2-6-12-30)37(36)31-13-16-33(17-14-31)39-21-7-10-29-25-38(26-29)41-22-23-42-38/h1-6,8-9,11-14,16-18,20,24,29,35,37H,7,10,15,19,21-23,25-27H2/t35-,37+/m1/s1. The average molecular weight is 561 g/mol. The summed E-state index contributed by atoms with van der Waals surface area (Å²) in [6.45, 7) is 2.82. The maximum Gasteiger partial charge on any atom is 0.169 e. The first-order valence-corrected chi connectivity index (χ1v) is 15.6. The van der Waals surface area contributed by atoms with Gasteiger partial charge in [-0.25, -0.2) is 0 Å². The molecule has 4 nitrogen and oxygen atoms in total. The number of fused-ring (bicyclic) bond motifs is 1. The molecule has 3 aliphatic rings. The van der Waals surface area contributed by atoms with E-state index in [1.54, 1.807) is 0 Å². The monoisotopic (exact) mass is 560 g/mol. The first-order chi connectivity index (χ1) is 20.7. The molecule has 0 amide bonds. The van der Waals surface area contributed by atoms with Crippen LogP contribution in [0.4, 0.5) is 0 Å². The van der Waals surface area contributed by atoms with Crippen LogP contribution in [0.25, 0.3) is 0 Å². The molecule has 0 bridgehead atoms. The van der Waals surface area contributed by atoms with Crippen LogP contribution in [0, 0.1) is 5.92 Å². The van der Waals surface area contributed by atoms with Gasteiger partial charge in [0.1, 0.15) is 18.1 Å². The van der Waals surface area contributed by atoms with E-state index in [1.165, 1.54) is 34.2 Å². The van der Waals surface area contributed by atoms with Crippen LogP contribution in [0.1, 0.15) is 71.8 Å². The Balaban J connectivity index is 1.03. The fourth-order valence-corrected chi connectivity index (χ4v) is 7.19. The number of ether oxygens (including phenoxy) is 4. The second kappa shape index (κ2) is 12.3. The van der Waals surface area contributed by atoms with Gasteiger partial charge >= 0.3 is 0 Å². The third-order valence-electron chi connectivity index (χ3n) is 9.33. The van der Waals surface area contributed by atoms with Gasteiger partial charge in [-0.1, -0.05) is 78.9 Å². The molecule has 0 radical (unpaired) electrons. The molecular formula is C38H40O4. The van der Waals surface area contributed by atoms with Gasteiger partial charge < -0.3 is 18.9 Å². The Morgan fingerprint density at radius 3 is 2.19 bits per heavy atom. The van der Waals surface area contributed by atoms with Crippen LogP contribution in [-0.4, -0.2) is 25.6 Å². The summed E-state index contributed by atoms with van der Waals surface area (Å²) in [7, 11) is 0. The second-order valence-corrected chi connectivity index (χ2v) is 12.1. The number of hydrogen-bond donors (Lipinski definition) is 0. The molecule has 2 atom stereocenters. The third-order valence-corrected chi connectivity index (χ3v) is 9.33. The van der Waals surface area contributed by atoms with Crippen molar-refractivity contribution in [2.24, 2.45) is 5.92 Å². The van der Waals surface area contributed by atoms with Crippen LogP contribution in [0.3, 0.4) is 0 Å². The van der Waals surface area contributed by atoms with E-state index >= 15 is 0 Å². The molecule has 2 fully saturated rings. The lowest BCUT2D eigenvalue weighted by molar-refractivity contribution is -0.231. The second-order valence-electron chi connectivity index (χ2n) is 12.1. The summed E-state index contributed by atoms with van der Waals surface area (Å²) in [6.07, 6.45) is 6.46. The molecule has 1 spiro atoms. The molecule has 2 aliphatic carbocycles. The van der Waals surface area contributed by atoms with Crippen molar-refractivity contribution in [3.63, 3.8) is 0 Å². The zero-order valence-corrected chi connectivity index (χ0v) is 24.3. The van der Waals surface area contributed by atoms with E-state index in [1.807, 2.05) is 6.07 Å². The van der Waals surface area contributed by atoms with E-state index in [4.69, 9.17) is 18.9 Å². The summed E-state index contributed by atoms with van der Waals surface area (Å²) in [4.78, 5) is 0. The summed E-state index contributed by atoms with van der Waals surface area (Å²) >= 11 is 0. The highest BCUT2D eigenvalue weighted by molar-refractivity contribution is 5.48. The van der Waals surface area contributed by atoms with Gasteiger partial charge in [-0.05, 0) is 89.6 Å². The Kier molecular flexibility index (Phi) is 8.00. The van der Waals surface area contributed by atoms with Crippen molar-refractivity contribution in [2.75, 3.05) is 19.8 Å². The Morgan fingerprint density at radius 1 is 0.714 bits per heavy atom. The average Bonchev–Trinajstić information content (AvgIpc) is 3.53. The summed E-state index contributed by atoms with van der Waals surface area (Å²) in [5, 5.41) is 0. The van der Waals surface area contributed by atoms with E-state index in [0.717, 1.165) is 63.4 Å². The molecule has 216 valence electrons. The molecule has 7 rings (SSSR count). The first kappa shape index (κ1) is 27.2. The summed E-state index contributed by atoms with van der Waals surface area (Å²) in [5.41, 5.74) is 6.73. The highest BCUT2D eigenvalue weighted by Crippen LogP contribution is 2.48. The number of hydrogen-bond acceptors (Lipinski definition) is 4. The van der Waals surface area contributed by atoms with E-state index in [0.29, 0.717) is 24.4 Å². The van der Waals surface area contributed by atoms with Gasteiger partial charge in [-0.2, -0.15) is 0 Å². The normalized spacial score (nSPS) is 21.0. The summed E-state index contributed by atoms with van der Waals surface area (Å²) < 4.78 is 23.9. The maximum atomic E-state index is 6.19. The van der Waals surface area contributed by atoms with Crippen molar-refractivity contribution in [3.05, 3.63) is 131 Å². The fourth-order valence-electron chi connectivity index (χ4n) is 7.19. The lowest BCUT2D eigenvalue weighted by Crippen LogP contribution is -2.44. The van der Waals surface area contributed by atoms with Crippen molar-refractivity contribution in [2.45, 2.75) is 62.8 Å². The van der Waals surface area contributed by atoms with Crippen molar-refractivity contribution < 1.29 is 18.9 Å². The molecule has 1 aliphatic heterocycles. The molecule has 0 unspecified atom stereocenters. The fraction of sp³-hybridized carbons (Fsp3) is 0.368. The minimum Gasteiger partial charge on any atom is -0.494 e. The topological polar surface area (TPSA) is 36.9 Å². The van der Waals surface area contributed by atoms with Gasteiger partial charge in [-0.15, -0.1) is 0 Å². The van der Waals surface area contributed by atoms with Crippen molar-refractivity contribution in [1.29, 1.82) is 0 Å². The van der Waals surface area contributed by atoms with Crippen LogP contribution < -0.4 is 9.47 Å². The van der Waals surface area contributed by atoms with Crippen LogP contribution in [-0.2, 0) is 22.5 Å². The maximum absolute atomic E-state index is 6.19.